The SMILES string of the molecule is CCC(=O)OC(C)Cc1ccc(F)cc1.Cc1cccc(F)c1. The predicted molar refractivity (Wildman–Crippen MR) is 87.1 cm³/mol. The molecule has 2 nitrogen and oxygen atoms in total. The van der Waals surface area contributed by atoms with Crippen molar-refractivity contribution in [2.45, 2.75) is 39.7 Å². The first-order valence-electron chi connectivity index (χ1n) is 7.56. The average Bonchev–Trinajstić information content (AvgIpc) is 2.50. The molecule has 2 aromatic carbocycles. The number of aryl methyl sites for hydroxylation is 1. The molecule has 0 amide bonds. The Hall–Kier alpha value is -2.23. The van der Waals surface area contributed by atoms with E-state index >= 15 is 0 Å². The second-order valence-corrected chi connectivity index (χ2v) is 5.28. The quantitative estimate of drug-likeness (QED) is 0.753. The van der Waals surface area contributed by atoms with Crippen LogP contribution in [0.15, 0.2) is 48.5 Å². The van der Waals surface area contributed by atoms with Crippen molar-refractivity contribution in [1.29, 1.82) is 0 Å². The molecular formula is C19H22F2O2. The van der Waals surface area contributed by atoms with Crippen molar-refractivity contribution >= 4 is 5.97 Å². The Balaban J connectivity index is 0.000000277. The Morgan fingerprint density at radius 1 is 1.09 bits per heavy atom. The van der Waals surface area contributed by atoms with Crippen LogP contribution in [0.3, 0.4) is 0 Å². The van der Waals surface area contributed by atoms with Crippen molar-refractivity contribution in [1.82, 2.24) is 0 Å². The molecule has 124 valence electrons. The van der Waals surface area contributed by atoms with Crippen LogP contribution in [0, 0.1) is 18.6 Å². The summed E-state index contributed by atoms with van der Waals surface area (Å²) in [5, 5.41) is 0. The van der Waals surface area contributed by atoms with Gasteiger partial charge in [-0.2, -0.15) is 0 Å². The number of rotatable bonds is 4. The molecule has 0 saturated carbocycles. The lowest BCUT2D eigenvalue weighted by molar-refractivity contribution is -0.147. The van der Waals surface area contributed by atoms with E-state index in [9.17, 15) is 13.6 Å². The summed E-state index contributed by atoms with van der Waals surface area (Å²) in [5.41, 5.74) is 1.93. The highest BCUT2D eigenvalue weighted by molar-refractivity contribution is 5.69. The Morgan fingerprint density at radius 3 is 2.22 bits per heavy atom. The van der Waals surface area contributed by atoms with Gasteiger partial charge in [-0.1, -0.05) is 31.2 Å². The summed E-state index contributed by atoms with van der Waals surface area (Å²) in [6.07, 6.45) is 0.836. The van der Waals surface area contributed by atoms with Gasteiger partial charge >= 0.3 is 5.97 Å². The zero-order chi connectivity index (χ0) is 17.2. The van der Waals surface area contributed by atoms with Crippen molar-refractivity contribution < 1.29 is 18.3 Å². The zero-order valence-electron chi connectivity index (χ0n) is 13.7. The Morgan fingerprint density at radius 2 is 1.74 bits per heavy atom. The maximum atomic E-state index is 12.6. The summed E-state index contributed by atoms with van der Waals surface area (Å²) in [4.78, 5) is 11.0. The normalized spacial score (nSPS) is 11.2. The third-order valence-electron chi connectivity index (χ3n) is 3.04. The topological polar surface area (TPSA) is 26.3 Å². The van der Waals surface area contributed by atoms with Crippen LogP contribution >= 0.6 is 0 Å². The lowest BCUT2D eigenvalue weighted by Crippen LogP contribution is -2.16. The van der Waals surface area contributed by atoms with Crippen LogP contribution in [0.2, 0.25) is 0 Å². The van der Waals surface area contributed by atoms with Crippen LogP contribution in [0.25, 0.3) is 0 Å². The molecule has 4 heteroatoms. The van der Waals surface area contributed by atoms with Crippen molar-refractivity contribution in [3.63, 3.8) is 0 Å². The molecule has 0 fully saturated rings. The van der Waals surface area contributed by atoms with Gasteiger partial charge in [0.1, 0.15) is 17.7 Å². The molecule has 0 radical (unpaired) electrons. The number of hydrogen-bond donors (Lipinski definition) is 0. The van der Waals surface area contributed by atoms with E-state index in [-0.39, 0.29) is 23.7 Å². The van der Waals surface area contributed by atoms with Gasteiger partial charge in [0, 0.05) is 12.8 Å². The van der Waals surface area contributed by atoms with Gasteiger partial charge in [-0.3, -0.25) is 4.79 Å². The fourth-order valence-electron chi connectivity index (χ4n) is 1.91. The second kappa shape index (κ2) is 9.72. The number of benzene rings is 2. The van der Waals surface area contributed by atoms with Gasteiger partial charge < -0.3 is 4.74 Å². The highest BCUT2D eigenvalue weighted by Crippen LogP contribution is 2.08. The standard InChI is InChI=1S/C12H15FO2.C7H7F/c1-3-12(14)15-9(2)8-10-4-6-11(13)7-5-10;1-6-3-2-4-7(8)5-6/h4-7,9H,3,8H2,1-2H3;2-5H,1H3. The average molecular weight is 320 g/mol. The molecular weight excluding hydrogens is 298 g/mol. The number of hydrogen-bond acceptors (Lipinski definition) is 2. The summed E-state index contributed by atoms with van der Waals surface area (Å²) in [6, 6.07) is 12.7. The lowest BCUT2D eigenvalue weighted by atomic mass is 10.1. The third-order valence-corrected chi connectivity index (χ3v) is 3.04. The minimum Gasteiger partial charge on any atom is -0.462 e. The van der Waals surface area contributed by atoms with Crippen LogP contribution in [0.4, 0.5) is 8.78 Å². The minimum atomic E-state index is -0.253. The first-order valence-corrected chi connectivity index (χ1v) is 7.56. The minimum absolute atomic E-state index is 0.162. The largest absolute Gasteiger partial charge is 0.462 e. The maximum absolute atomic E-state index is 12.6. The molecule has 0 saturated heterocycles. The molecule has 0 aliphatic carbocycles. The Labute approximate surface area is 136 Å². The molecule has 0 aliphatic heterocycles. The zero-order valence-corrected chi connectivity index (χ0v) is 13.7. The molecule has 23 heavy (non-hydrogen) atoms. The number of halogens is 2. The smallest absolute Gasteiger partial charge is 0.305 e. The molecule has 2 rings (SSSR count). The Bertz CT molecular complexity index is 592. The van der Waals surface area contributed by atoms with E-state index < -0.39 is 0 Å². The number of ether oxygens (including phenoxy) is 1. The van der Waals surface area contributed by atoms with Crippen molar-refractivity contribution in [3.05, 3.63) is 71.3 Å². The fourth-order valence-corrected chi connectivity index (χ4v) is 1.91. The maximum Gasteiger partial charge on any atom is 0.305 e. The van der Waals surface area contributed by atoms with Crippen molar-refractivity contribution in [3.8, 4) is 0 Å². The molecule has 1 atom stereocenters. The fraction of sp³-hybridized carbons (Fsp3) is 0.316. The van der Waals surface area contributed by atoms with Crippen LogP contribution in [-0.2, 0) is 16.0 Å². The highest BCUT2D eigenvalue weighted by Gasteiger charge is 2.08. The highest BCUT2D eigenvalue weighted by atomic mass is 19.1. The predicted octanol–water partition coefficient (Wildman–Crippen LogP) is 4.84. The van der Waals surface area contributed by atoms with Crippen LogP contribution < -0.4 is 0 Å². The van der Waals surface area contributed by atoms with Gasteiger partial charge in [-0.15, -0.1) is 0 Å². The summed E-state index contributed by atoms with van der Waals surface area (Å²) in [6.45, 7) is 5.45. The van der Waals surface area contributed by atoms with Crippen molar-refractivity contribution in [2.24, 2.45) is 0 Å². The third kappa shape index (κ3) is 8.10. The van der Waals surface area contributed by atoms with Crippen LogP contribution in [0.5, 0.6) is 0 Å². The lowest BCUT2D eigenvalue weighted by Gasteiger charge is -2.12. The van der Waals surface area contributed by atoms with E-state index in [1.807, 2.05) is 19.9 Å². The van der Waals surface area contributed by atoms with Crippen molar-refractivity contribution in [2.75, 3.05) is 0 Å². The van der Waals surface area contributed by atoms with Gasteiger partial charge in [0.15, 0.2) is 0 Å². The van der Waals surface area contributed by atoms with E-state index in [0.717, 1.165) is 11.1 Å². The van der Waals surface area contributed by atoms with E-state index in [1.165, 1.54) is 24.3 Å². The number of carbonyl (C=O) groups excluding carboxylic acids is 1. The molecule has 0 bridgehead atoms. The van der Waals surface area contributed by atoms with Gasteiger partial charge in [-0.25, -0.2) is 8.78 Å². The number of esters is 1. The number of carbonyl (C=O) groups is 1. The van der Waals surface area contributed by atoms with Gasteiger partial charge in [-0.05, 0) is 49.2 Å². The molecule has 0 N–H and O–H groups in total. The molecule has 0 aliphatic rings. The molecule has 1 unspecified atom stereocenters. The summed E-state index contributed by atoms with van der Waals surface area (Å²) < 4.78 is 29.9. The van der Waals surface area contributed by atoms with Gasteiger partial charge in [0.05, 0.1) is 0 Å². The Kier molecular flexibility index (Phi) is 7.95. The summed E-state index contributed by atoms with van der Waals surface area (Å²) in [5.74, 6) is -0.619. The molecule has 0 spiro atoms. The summed E-state index contributed by atoms with van der Waals surface area (Å²) in [7, 11) is 0. The monoisotopic (exact) mass is 320 g/mol. The summed E-state index contributed by atoms with van der Waals surface area (Å²) >= 11 is 0. The first kappa shape index (κ1) is 18.8. The van der Waals surface area contributed by atoms with Crippen LogP contribution in [0.1, 0.15) is 31.4 Å². The second-order valence-electron chi connectivity index (χ2n) is 5.28. The van der Waals surface area contributed by atoms with Gasteiger partial charge in [0.2, 0.25) is 0 Å². The van der Waals surface area contributed by atoms with E-state index in [4.69, 9.17) is 4.74 Å². The van der Waals surface area contributed by atoms with E-state index in [1.54, 1.807) is 25.1 Å². The van der Waals surface area contributed by atoms with E-state index in [0.29, 0.717) is 12.8 Å². The molecule has 0 heterocycles. The van der Waals surface area contributed by atoms with Crippen LogP contribution in [-0.4, -0.2) is 12.1 Å². The molecule has 2 aromatic rings. The first-order chi connectivity index (χ1) is 10.9. The molecule has 0 aromatic heterocycles. The van der Waals surface area contributed by atoms with Gasteiger partial charge in [0.25, 0.3) is 0 Å². The van der Waals surface area contributed by atoms with E-state index in [2.05, 4.69) is 0 Å².